The van der Waals surface area contributed by atoms with Crippen LogP contribution in [0.3, 0.4) is 0 Å². The topological polar surface area (TPSA) is 67.6 Å². The van der Waals surface area contributed by atoms with Crippen LogP contribution in [-0.4, -0.2) is 15.1 Å². The maximum absolute atomic E-state index is 12.6. The number of hydrogen-bond donors (Lipinski definition) is 1. The van der Waals surface area contributed by atoms with Crippen LogP contribution in [0.2, 0.25) is 10.0 Å². The van der Waals surface area contributed by atoms with Crippen LogP contribution in [0.5, 0.6) is 0 Å². The molecule has 2 aromatic rings. The molecule has 0 saturated heterocycles. The van der Waals surface area contributed by atoms with Crippen molar-refractivity contribution in [3.8, 4) is 11.8 Å². The lowest BCUT2D eigenvalue weighted by Crippen LogP contribution is -2.08. The van der Waals surface area contributed by atoms with Gasteiger partial charge in [-0.1, -0.05) is 23.2 Å². The molecule has 0 radical (unpaired) electrons. The summed E-state index contributed by atoms with van der Waals surface area (Å²) in [5, 5.41) is 12.2. The van der Waals surface area contributed by atoms with E-state index in [0.29, 0.717) is 0 Å². The summed E-state index contributed by atoms with van der Waals surface area (Å²) in [6.07, 6.45) is -4.57. The quantitative estimate of drug-likeness (QED) is 0.673. The zero-order chi connectivity index (χ0) is 17.8. The fraction of sp³-hybridized carbons (Fsp3) is 0.167. The lowest BCUT2D eigenvalue weighted by molar-refractivity contribution is -0.137. The Labute approximate surface area is 149 Å². The first kappa shape index (κ1) is 19.7. The van der Waals surface area contributed by atoms with Gasteiger partial charge >= 0.3 is 6.18 Å². The number of nitrogens with zero attached hydrogens (tertiary/aromatic N) is 3. The number of alkyl halides is 5. The Hall–Kier alpha value is -1.33. The minimum absolute atomic E-state index is 0.00506. The molecule has 23 heavy (non-hydrogen) atoms. The van der Waals surface area contributed by atoms with Gasteiger partial charge < -0.3 is 5.73 Å². The number of aromatic nitrogens is 2. The highest BCUT2D eigenvalue weighted by Gasteiger charge is 2.32. The summed E-state index contributed by atoms with van der Waals surface area (Å²) in [4.78, 5) is 0. The zero-order valence-corrected chi connectivity index (χ0v) is 14.0. The molecule has 0 amide bonds. The van der Waals surface area contributed by atoms with Crippen LogP contribution in [-0.2, 0) is 6.18 Å². The maximum atomic E-state index is 12.6. The number of nitriles is 1. The molecule has 0 aliphatic rings. The maximum Gasteiger partial charge on any atom is 0.416 e. The second-order valence-electron chi connectivity index (χ2n) is 3.87. The van der Waals surface area contributed by atoms with E-state index in [1.165, 1.54) is 6.07 Å². The molecule has 0 atom stereocenters. The summed E-state index contributed by atoms with van der Waals surface area (Å²) in [5.41, 5.74) is 4.62. The monoisotopic (exact) mass is 404 g/mol. The molecule has 1 aromatic heterocycles. The number of nitrogen functional groups attached to an aromatic ring is 1. The third-order valence-corrected chi connectivity index (χ3v) is 2.98. The molecule has 0 aliphatic carbocycles. The Kier molecular flexibility index (Phi) is 6.84. The van der Waals surface area contributed by atoms with Gasteiger partial charge in [0.1, 0.15) is 17.6 Å². The Bertz CT molecular complexity index is 714. The smallest absolute Gasteiger partial charge is 0.384 e. The minimum atomic E-state index is -4.57. The minimum Gasteiger partial charge on any atom is -0.384 e. The largest absolute Gasteiger partial charge is 0.416 e. The van der Waals surface area contributed by atoms with Gasteiger partial charge in [0.15, 0.2) is 5.69 Å². The fourth-order valence-corrected chi connectivity index (χ4v) is 2.21. The molecular weight excluding hydrogens is 399 g/mol. The van der Waals surface area contributed by atoms with E-state index in [4.69, 9.17) is 57.4 Å². The number of rotatable bonds is 1. The average molecular weight is 406 g/mol. The first-order valence-electron chi connectivity index (χ1n) is 5.59. The van der Waals surface area contributed by atoms with E-state index < -0.39 is 11.7 Å². The van der Waals surface area contributed by atoms with Crippen molar-refractivity contribution in [2.45, 2.75) is 6.18 Å². The molecule has 2 N–H and O–H groups in total. The van der Waals surface area contributed by atoms with E-state index in [2.05, 4.69) is 5.10 Å². The fourth-order valence-electron chi connectivity index (χ4n) is 1.56. The van der Waals surface area contributed by atoms with Crippen LogP contribution in [0.15, 0.2) is 18.2 Å². The zero-order valence-electron chi connectivity index (χ0n) is 11.0. The van der Waals surface area contributed by atoms with E-state index in [9.17, 15) is 13.2 Å². The van der Waals surface area contributed by atoms with E-state index in [-0.39, 0.29) is 32.6 Å². The van der Waals surface area contributed by atoms with Crippen LogP contribution >= 0.6 is 46.4 Å². The highest BCUT2D eigenvalue weighted by molar-refractivity contribution is 6.40. The SMILES string of the molecule is ClCCl.N#Cc1cc(N)n(-c2c(Cl)cc(C(F)(F)F)cc2Cl)n1. The van der Waals surface area contributed by atoms with Crippen molar-refractivity contribution in [3.05, 3.63) is 39.5 Å². The highest BCUT2D eigenvalue weighted by atomic mass is 35.5. The van der Waals surface area contributed by atoms with Gasteiger partial charge in [0.2, 0.25) is 0 Å². The number of hydrogen-bond acceptors (Lipinski definition) is 3. The van der Waals surface area contributed by atoms with Gasteiger partial charge in [-0.2, -0.15) is 23.5 Å². The molecule has 1 heterocycles. The van der Waals surface area contributed by atoms with Crippen LogP contribution < -0.4 is 5.73 Å². The number of halogens is 7. The highest BCUT2D eigenvalue weighted by Crippen LogP contribution is 2.38. The summed E-state index contributed by atoms with van der Waals surface area (Å²) in [5.74, 6) is 0.0325. The van der Waals surface area contributed by atoms with Crippen LogP contribution in [0, 0.1) is 11.3 Å². The average Bonchev–Trinajstić information content (AvgIpc) is 2.79. The molecule has 0 aliphatic heterocycles. The summed E-state index contributed by atoms with van der Waals surface area (Å²) in [7, 11) is 0. The molecule has 0 fully saturated rings. The number of benzene rings is 1. The van der Waals surface area contributed by atoms with Crippen LogP contribution in [0.1, 0.15) is 11.3 Å². The van der Waals surface area contributed by atoms with E-state index in [1.807, 2.05) is 0 Å². The van der Waals surface area contributed by atoms with Gasteiger partial charge in [-0.25, -0.2) is 4.68 Å². The van der Waals surface area contributed by atoms with Gasteiger partial charge in [0.25, 0.3) is 0 Å². The summed E-state index contributed by atoms with van der Waals surface area (Å²) >= 11 is 21.2. The Morgan fingerprint density at radius 3 is 2.00 bits per heavy atom. The molecule has 1 aromatic carbocycles. The van der Waals surface area contributed by atoms with E-state index in [0.717, 1.165) is 16.8 Å². The molecule has 11 heteroatoms. The third kappa shape index (κ3) is 4.82. The van der Waals surface area contributed by atoms with Crippen molar-refractivity contribution in [1.82, 2.24) is 9.78 Å². The van der Waals surface area contributed by atoms with Gasteiger partial charge in [0.05, 0.1) is 20.9 Å². The number of nitrogens with two attached hydrogens (primary N) is 1. The first-order chi connectivity index (χ1) is 10.6. The summed E-state index contributed by atoms with van der Waals surface area (Å²) < 4.78 is 38.9. The second-order valence-corrected chi connectivity index (χ2v) is 5.49. The van der Waals surface area contributed by atoms with Gasteiger partial charge in [-0.3, -0.25) is 0 Å². The molecule has 0 spiro atoms. The van der Waals surface area contributed by atoms with Crippen molar-refractivity contribution in [2.24, 2.45) is 0 Å². The predicted octanol–water partition coefficient (Wildman–Crippen LogP) is 5.07. The standard InChI is InChI=1S/C11H5Cl2F3N4.CH2Cl2/c12-7-1-5(11(14,15)16)2-8(13)10(7)20-9(18)3-6(4-17)19-20;2-1-3/h1-3H,18H2;1H2. The third-order valence-electron chi connectivity index (χ3n) is 2.41. The molecule has 0 saturated carbocycles. The van der Waals surface area contributed by atoms with Gasteiger partial charge in [0, 0.05) is 6.07 Å². The Morgan fingerprint density at radius 2 is 1.65 bits per heavy atom. The molecule has 0 unspecified atom stereocenters. The lowest BCUT2D eigenvalue weighted by Gasteiger charge is -2.13. The van der Waals surface area contributed by atoms with Crippen molar-refractivity contribution in [1.29, 1.82) is 5.26 Å². The first-order valence-corrected chi connectivity index (χ1v) is 7.42. The van der Waals surface area contributed by atoms with Gasteiger partial charge in [-0.05, 0) is 12.1 Å². The van der Waals surface area contributed by atoms with Crippen molar-refractivity contribution < 1.29 is 13.2 Å². The number of anilines is 1. The lowest BCUT2D eigenvalue weighted by atomic mass is 10.2. The summed E-state index contributed by atoms with van der Waals surface area (Å²) in [6, 6.07) is 4.45. The summed E-state index contributed by atoms with van der Waals surface area (Å²) in [6.45, 7) is 0. The molecule has 0 bridgehead atoms. The van der Waals surface area contributed by atoms with Crippen molar-refractivity contribution in [3.63, 3.8) is 0 Å². The molecule has 4 nitrogen and oxygen atoms in total. The van der Waals surface area contributed by atoms with Crippen molar-refractivity contribution >= 4 is 52.2 Å². The molecule has 2 rings (SSSR count). The van der Waals surface area contributed by atoms with Gasteiger partial charge in [-0.15, -0.1) is 23.2 Å². The Morgan fingerprint density at radius 1 is 1.17 bits per heavy atom. The van der Waals surface area contributed by atoms with Crippen LogP contribution in [0.25, 0.3) is 5.69 Å². The van der Waals surface area contributed by atoms with E-state index >= 15 is 0 Å². The Balaban J connectivity index is 0.000000816. The molecule has 124 valence electrons. The van der Waals surface area contributed by atoms with Crippen molar-refractivity contribution in [2.75, 3.05) is 11.1 Å². The molecular formula is C12H7Cl4F3N4. The second kappa shape index (κ2) is 7.97. The normalized spacial score (nSPS) is 10.7. The predicted molar refractivity (Wildman–Crippen MR) is 84.3 cm³/mol. The van der Waals surface area contributed by atoms with E-state index in [1.54, 1.807) is 6.07 Å². The van der Waals surface area contributed by atoms with Crippen LogP contribution in [0.4, 0.5) is 19.0 Å².